The summed E-state index contributed by atoms with van der Waals surface area (Å²) in [5.74, 6) is -1.14. The van der Waals surface area contributed by atoms with Gasteiger partial charge in [0.25, 0.3) is 0 Å². The van der Waals surface area contributed by atoms with Crippen LogP contribution >= 0.6 is 0 Å². The van der Waals surface area contributed by atoms with Crippen LogP contribution in [0.3, 0.4) is 0 Å². The fourth-order valence-electron chi connectivity index (χ4n) is 7.06. The Bertz CT molecular complexity index is 2010. The number of carbonyl (C=O) groups is 3. The molecule has 1 unspecified atom stereocenters. The summed E-state index contributed by atoms with van der Waals surface area (Å²) in [5, 5.41) is 0. The highest BCUT2D eigenvalue weighted by Crippen LogP contribution is 2.10. The van der Waals surface area contributed by atoms with Gasteiger partial charge in [0.05, 0.1) is 0 Å². The molecule has 6 nitrogen and oxygen atoms in total. The van der Waals surface area contributed by atoms with Crippen molar-refractivity contribution in [2.24, 2.45) is 0 Å². The molecule has 6 heteroatoms. The number of rotatable bonds is 51. The second-order valence-electron chi connectivity index (χ2n) is 18.8. The van der Waals surface area contributed by atoms with Crippen molar-refractivity contribution in [2.45, 2.75) is 207 Å². The Morgan fingerprint density at radius 1 is 0.253 bits per heavy atom. The van der Waals surface area contributed by atoms with Crippen LogP contribution in [0.2, 0.25) is 0 Å². The van der Waals surface area contributed by atoms with E-state index in [9.17, 15) is 14.4 Å². The van der Waals surface area contributed by atoms with Crippen molar-refractivity contribution >= 4 is 17.9 Å². The number of esters is 3. The molecule has 0 bridgehead atoms. The standard InChI is InChI=1S/C73H106O6/c1-4-7-10-13-16-19-22-25-28-31-34-36-39-42-45-48-51-54-57-60-63-66-72(75)78-69-70(68-77-71(74)65-62-59-56-53-50-47-44-41-38-33-30-27-24-21-18-15-12-9-6-3)79-73(76)67-64-61-58-55-52-49-46-43-40-37-35-32-29-26-23-20-17-14-11-8-5-2/h7-12,16-21,25-30,34-38,41-43,45-47,50-52,54-56,59,70H,4-6,13-15,22-24,31-33,39-40,44,48-49,53,57-58,60-69H2,1-3H3/b10-7-,11-8-,12-9-,19-16-,20-17-,21-18-,28-25-,29-26-,30-27-,36-34-,37-35-,41-38-,45-42-,46-43-,50-47-,54-51-,55-52-,59-56-. The van der Waals surface area contributed by atoms with E-state index in [2.05, 4.69) is 227 Å². The van der Waals surface area contributed by atoms with Crippen LogP contribution in [0.15, 0.2) is 219 Å². The molecule has 0 aromatic carbocycles. The molecule has 0 saturated carbocycles. The zero-order chi connectivity index (χ0) is 57.1. The van der Waals surface area contributed by atoms with Crippen molar-refractivity contribution in [1.82, 2.24) is 0 Å². The first-order chi connectivity index (χ1) is 39.0. The summed E-state index contributed by atoms with van der Waals surface area (Å²) in [5.41, 5.74) is 0. The van der Waals surface area contributed by atoms with Gasteiger partial charge in [0.15, 0.2) is 6.10 Å². The van der Waals surface area contributed by atoms with Crippen molar-refractivity contribution in [3.05, 3.63) is 219 Å². The third-order valence-corrected chi connectivity index (χ3v) is 11.5. The van der Waals surface area contributed by atoms with E-state index >= 15 is 0 Å². The molecule has 0 saturated heterocycles. The average molecular weight is 1080 g/mol. The van der Waals surface area contributed by atoms with Gasteiger partial charge in [0.1, 0.15) is 13.2 Å². The molecule has 0 aliphatic carbocycles. The molecule has 0 radical (unpaired) electrons. The van der Waals surface area contributed by atoms with Crippen LogP contribution < -0.4 is 0 Å². The highest BCUT2D eigenvalue weighted by Gasteiger charge is 2.19. The van der Waals surface area contributed by atoms with Crippen LogP contribution in [0.4, 0.5) is 0 Å². The zero-order valence-electron chi connectivity index (χ0n) is 49.5. The minimum atomic E-state index is -0.867. The van der Waals surface area contributed by atoms with Gasteiger partial charge in [-0.15, -0.1) is 0 Å². The SMILES string of the molecule is CC/C=C\C/C=C\C/C=C\C/C=C\C/C=C\C/C=C\CCCCC(=O)OCC(COC(=O)CC/C=C\C/C=C\C/C=C\C/C=C\C/C=C\C/C=C\CC)OC(=O)CCCC/C=C\C/C=C\C/C=C\C/C=C\C/C=C\C/C=C\CC. The Labute approximate surface area is 482 Å². The molecule has 79 heavy (non-hydrogen) atoms. The number of unbranched alkanes of at least 4 members (excludes halogenated alkanes) is 4. The van der Waals surface area contributed by atoms with Crippen LogP contribution in [0.5, 0.6) is 0 Å². The predicted octanol–water partition coefficient (Wildman–Crippen LogP) is 21.0. The number of hydrogen-bond acceptors (Lipinski definition) is 6. The Morgan fingerprint density at radius 2 is 0.468 bits per heavy atom. The quantitative estimate of drug-likeness (QED) is 0.0261. The molecule has 0 aliphatic rings. The predicted molar refractivity (Wildman–Crippen MR) is 343 cm³/mol. The first-order valence-corrected chi connectivity index (χ1v) is 30.2. The van der Waals surface area contributed by atoms with Crippen LogP contribution in [0, 0.1) is 0 Å². The Balaban J connectivity index is 4.72. The summed E-state index contributed by atoms with van der Waals surface area (Å²) in [4.78, 5) is 38.2. The number of ether oxygens (including phenoxy) is 3. The molecule has 0 heterocycles. The maximum atomic E-state index is 12.9. The van der Waals surface area contributed by atoms with Gasteiger partial charge in [-0.3, -0.25) is 14.4 Å². The Morgan fingerprint density at radius 3 is 0.734 bits per heavy atom. The van der Waals surface area contributed by atoms with Crippen LogP contribution in [-0.4, -0.2) is 37.2 Å². The van der Waals surface area contributed by atoms with Crippen molar-refractivity contribution in [2.75, 3.05) is 13.2 Å². The minimum Gasteiger partial charge on any atom is -0.462 e. The summed E-state index contributed by atoms with van der Waals surface area (Å²) in [6.07, 6.45) is 101. The van der Waals surface area contributed by atoms with Gasteiger partial charge in [0, 0.05) is 19.3 Å². The fraction of sp³-hybridized carbons (Fsp3) is 0.466. The summed E-state index contributed by atoms with van der Waals surface area (Å²) in [6, 6.07) is 0. The first kappa shape index (κ1) is 72.7. The maximum Gasteiger partial charge on any atom is 0.306 e. The van der Waals surface area contributed by atoms with E-state index in [0.29, 0.717) is 19.3 Å². The lowest BCUT2D eigenvalue weighted by Gasteiger charge is -2.18. The summed E-state index contributed by atoms with van der Waals surface area (Å²) < 4.78 is 16.7. The first-order valence-electron chi connectivity index (χ1n) is 30.2. The normalized spacial score (nSPS) is 13.7. The minimum absolute atomic E-state index is 0.156. The van der Waals surface area contributed by atoms with E-state index in [-0.39, 0.29) is 38.4 Å². The van der Waals surface area contributed by atoms with Gasteiger partial charge >= 0.3 is 17.9 Å². The van der Waals surface area contributed by atoms with Gasteiger partial charge in [-0.05, 0) is 161 Å². The molecule has 0 rings (SSSR count). The third-order valence-electron chi connectivity index (χ3n) is 11.5. The van der Waals surface area contributed by atoms with E-state index in [1.54, 1.807) is 0 Å². The van der Waals surface area contributed by atoms with E-state index in [4.69, 9.17) is 14.2 Å². The Hall–Kier alpha value is -6.27. The molecular formula is C73H106O6. The third kappa shape index (κ3) is 62.5. The monoisotopic (exact) mass is 1080 g/mol. The molecule has 1 atom stereocenters. The van der Waals surface area contributed by atoms with Crippen LogP contribution in [-0.2, 0) is 28.6 Å². The lowest BCUT2D eigenvalue weighted by atomic mass is 10.1. The fourth-order valence-corrected chi connectivity index (χ4v) is 7.06. The number of hydrogen-bond donors (Lipinski definition) is 0. The molecule has 0 N–H and O–H groups in total. The summed E-state index contributed by atoms with van der Waals surface area (Å²) in [7, 11) is 0. The average Bonchev–Trinajstić information content (AvgIpc) is 3.45. The molecule has 0 aliphatic heterocycles. The number of carbonyl (C=O) groups excluding carboxylic acids is 3. The van der Waals surface area contributed by atoms with Gasteiger partial charge in [-0.25, -0.2) is 0 Å². The second-order valence-corrected chi connectivity index (χ2v) is 18.8. The molecule has 434 valence electrons. The van der Waals surface area contributed by atoms with Gasteiger partial charge in [-0.2, -0.15) is 0 Å². The number of allylic oxidation sites excluding steroid dienone is 36. The maximum absolute atomic E-state index is 12.9. The molecule has 0 amide bonds. The second kappa shape index (κ2) is 64.3. The molecular weight excluding hydrogens is 973 g/mol. The van der Waals surface area contributed by atoms with E-state index in [1.165, 1.54) is 0 Å². The lowest BCUT2D eigenvalue weighted by Crippen LogP contribution is -2.30. The molecule has 0 spiro atoms. The van der Waals surface area contributed by atoms with Gasteiger partial charge in [0.2, 0.25) is 0 Å². The molecule has 0 aromatic rings. The topological polar surface area (TPSA) is 78.9 Å². The Kier molecular flexibility index (Phi) is 59.2. The smallest absolute Gasteiger partial charge is 0.306 e. The van der Waals surface area contributed by atoms with Gasteiger partial charge < -0.3 is 14.2 Å². The van der Waals surface area contributed by atoms with E-state index < -0.39 is 18.0 Å². The van der Waals surface area contributed by atoms with Crippen LogP contribution in [0.25, 0.3) is 0 Å². The highest BCUT2D eigenvalue weighted by atomic mass is 16.6. The molecule has 0 fully saturated rings. The van der Waals surface area contributed by atoms with Crippen LogP contribution in [0.1, 0.15) is 201 Å². The van der Waals surface area contributed by atoms with Crippen molar-refractivity contribution in [3.8, 4) is 0 Å². The summed E-state index contributed by atoms with van der Waals surface area (Å²) in [6.45, 7) is 6.13. The van der Waals surface area contributed by atoms with E-state index in [1.807, 2.05) is 12.2 Å². The van der Waals surface area contributed by atoms with Crippen molar-refractivity contribution in [3.63, 3.8) is 0 Å². The van der Waals surface area contributed by atoms with Gasteiger partial charge in [-0.1, -0.05) is 240 Å². The summed E-state index contributed by atoms with van der Waals surface area (Å²) >= 11 is 0. The zero-order valence-corrected chi connectivity index (χ0v) is 49.5. The van der Waals surface area contributed by atoms with Crippen molar-refractivity contribution < 1.29 is 28.6 Å². The lowest BCUT2D eigenvalue weighted by molar-refractivity contribution is -0.166. The van der Waals surface area contributed by atoms with E-state index in [0.717, 1.165) is 141 Å². The van der Waals surface area contributed by atoms with Crippen molar-refractivity contribution in [1.29, 1.82) is 0 Å². The molecule has 0 aromatic heterocycles. The highest BCUT2D eigenvalue weighted by molar-refractivity contribution is 5.71. The largest absolute Gasteiger partial charge is 0.462 e.